The molecule has 1 unspecified atom stereocenters. The van der Waals surface area contributed by atoms with Gasteiger partial charge in [0.2, 0.25) is 0 Å². The number of ether oxygens (including phenoxy) is 1. The molecular weight excluding hydrogens is 324 g/mol. The molecule has 0 heterocycles. The van der Waals surface area contributed by atoms with Gasteiger partial charge < -0.3 is 24.5 Å². The van der Waals surface area contributed by atoms with Crippen LogP contribution < -0.4 is 10.2 Å². The van der Waals surface area contributed by atoms with Gasteiger partial charge in [-0.05, 0) is 22.3 Å². The second-order valence-electron chi connectivity index (χ2n) is 5.80. The Morgan fingerprint density at radius 3 is 1.92 bits per heavy atom. The molecule has 0 aliphatic heterocycles. The third kappa shape index (κ3) is 3.24. The lowest BCUT2D eigenvalue weighted by atomic mass is 9.98. The standard InChI is InChI=1S/C19H16O6/c20-17(21)9-15(18(22)23)19(24)25-10-16-13-7-3-1-5-11(13)12-6-2-4-8-14(12)16/h1-8,15-16H,9-10H2,(H,20,21)(H,22,23)/p-2. The molecule has 0 amide bonds. The molecule has 0 bridgehead atoms. The molecule has 3 rings (SSSR count). The lowest BCUT2D eigenvalue weighted by Crippen LogP contribution is -2.41. The summed E-state index contributed by atoms with van der Waals surface area (Å²) >= 11 is 0. The van der Waals surface area contributed by atoms with E-state index in [-0.39, 0.29) is 12.5 Å². The van der Waals surface area contributed by atoms with Crippen LogP contribution in [-0.2, 0) is 19.1 Å². The zero-order chi connectivity index (χ0) is 18.0. The molecule has 0 saturated carbocycles. The lowest BCUT2D eigenvalue weighted by Gasteiger charge is -2.19. The molecule has 1 aliphatic rings. The van der Waals surface area contributed by atoms with E-state index in [0.29, 0.717) is 0 Å². The number of hydrogen-bond donors (Lipinski definition) is 0. The number of rotatable bonds is 6. The van der Waals surface area contributed by atoms with Gasteiger partial charge in [0, 0.05) is 18.3 Å². The number of carboxylic acids is 2. The lowest BCUT2D eigenvalue weighted by molar-refractivity contribution is -0.320. The first-order valence-corrected chi connectivity index (χ1v) is 7.74. The van der Waals surface area contributed by atoms with Gasteiger partial charge in [-0.15, -0.1) is 0 Å². The Balaban J connectivity index is 1.80. The van der Waals surface area contributed by atoms with E-state index in [1.165, 1.54) is 0 Å². The Kier molecular flexibility index (Phi) is 4.52. The molecule has 2 aromatic carbocycles. The van der Waals surface area contributed by atoms with E-state index in [2.05, 4.69) is 0 Å². The molecule has 0 saturated heterocycles. The molecule has 6 heteroatoms. The van der Waals surface area contributed by atoms with Crippen LogP contribution in [-0.4, -0.2) is 24.5 Å². The summed E-state index contributed by atoms with van der Waals surface area (Å²) in [7, 11) is 0. The normalized spacial score (nSPS) is 13.6. The van der Waals surface area contributed by atoms with Crippen LogP contribution in [0.5, 0.6) is 0 Å². The van der Waals surface area contributed by atoms with E-state index < -0.39 is 30.2 Å². The summed E-state index contributed by atoms with van der Waals surface area (Å²) in [5.41, 5.74) is 4.01. The van der Waals surface area contributed by atoms with E-state index in [0.717, 1.165) is 22.3 Å². The molecule has 6 nitrogen and oxygen atoms in total. The van der Waals surface area contributed by atoms with Crippen molar-refractivity contribution in [3.8, 4) is 11.1 Å². The molecule has 2 aromatic rings. The first-order valence-electron chi connectivity index (χ1n) is 7.74. The van der Waals surface area contributed by atoms with Gasteiger partial charge in [-0.25, -0.2) is 0 Å². The van der Waals surface area contributed by atoms with Crippen molar-refractivity contribution in [1.82, 2.24) is 0 Å². The summed E-state index contributed by atoms with van der Waals surface area (Å²) in [6.07, 6.45) is -0.973. The van der Waals surface area contributed by atoms with Crippen molar-refractivity contribution >= 4 is 17.9 Å². The van der Waals surface area contributed by atoms with Crippen LogP contribution in [0.4, 0.5) is 0 Å². The maximum Gasteiger partial charge on any atom is 0.315 e. The largest absolute Gasteiger partial charge is 0.550 e. The van der Waals surface area contributed by atoms with Crippen LogP contribution in [0.25, 0.3) is 11.1 Å². The van der Waals surface area contributed by atoms with Crippen LogP contribution in [0.15, 0.2) is 48.5 Å². The zero-order valence-electron chi connectivity index (χ0n) is 13.1. The van der Waals surface area contributed by atoms with Gasteiger partial charge in [-0.1, -0.05) is 48.5 Å². The Bertz CT molecular complexity index is 796. The molecular formula is C19H14O6-2. The summed E-state index contributed by atoms with van der Waals surface area (Å²) in [5, 5.41) is 21.6. The average molecular weight is 338 g/mol. The summed E-state index contributed by atoms with van der Waals surface area (Å²) in [6.45, 7) is -0.0797. The fourth-order valence-electron chi connectivity index (χ4n) is 3.14. The number of benzene rings is 2. The van der Waals surface area contributed by atoms with Gasteiger partial charge in [0.1, 0.15) is 12.5 Å². The summed E-state index contributed by atoms with van der Waals surface area (Å²) in [5.74, 6) is -6.69. The third-order valence-corrected chi connectivity index (χ3v) is 4.29. The van der Waals surface area contributed by atoms with Crippen LogP contribution in [0.2, 0.25) is 0 Å². The first-order chi connectivity index (χ1) is 12.0. The number of hydrogen-bond acceptors (Lipinski definition) is 6. The van der Waals surface area contributed by atoms with Gasteiger partial charge >= 0.3 is 5.97 Å². The maximum absolute atomic E-state index is 12.0. The number of carbonyl (C=O) groups is 3. The molecule has 25 heavy (non-hydrogen) atoms. The molecule has 0 spiro atoms. The predicted octanol–water partition coefficient (Wildman–Crippen LogP) is -0.152. The Hall–Kier alpha value is -3.15. The number of esters is 1. The Labute approximate surface area is 143 Å². The number of aliphatic carboxylic acids is 2. The fraction of sp³-hybridized carbons (Fsp3) is 0.211. The number of carboxylic acid groups (broad SMARTS) is 2. The van der Waals surface area contributed by atoms with Crippen molar-refractivity contribution in [2.75, 3.05) is 6.61 Å². The number of carbonyl (C=O) groups excluding carboxylic acids is 3. The van der Waals surface area contributed by atoms with Crippen molar-refractivity contribution in [3.05, 3.63) is 59.7 Å². The van der Waals surface area contributed by atoms with Crippen molar-refractivity contribution in [3.63, 3.8) is 0 Å². The molecule has 128 valence electrons. The molecule has 0 fully saturated rings. The van der Waals surface area contributed by atoms with E-state index in [4.69, 9.17) is 4.74 Å². The molecule has 0 N–H and O–H groups in total. The molecule has 1 aliphatic carbocycles. The van der Waals surface area contributed by atoms with Crippen LogP contribution >= 0.6 is 0 Å². The van der Waals surface area contributed by atoms with Crippen molar-refractivity contribution in [2.45, 2.75) is 12.3 Å². The summed E-state index contributed by atoms with van der Waals surface area (Å²) in [6, 6.07) is 15.4. The van der Waals surface area contributed by atoms with Gasteiger partial charge in [-0.3, -0.25) is 4.79 Å². The van der Waals surface area contributed by atoms with Crippen LogP contribution in [0.1, 0.15) is 23.5 Å². The van der Waals surface area contributed by atoms with Gasteiger partial charge in [0.05, 0.1) is 5.97 Å². The quantitative estimate of drug-likeness (QED) is 0.535. The molecule has 0 aromatic heterocycles. The Morgan fingerprint density at radius 2 is 1.44 bits per heavy atom. The highest BCUT2D eigenvalue weighted by atomic mass is 16.5. The van der Waals surface area contributed by atoms with Crippen molar-refractivity contribution in [1.29, 1.82) is 0 Å². The average Bonchev–Trinajstić information content (AvgIpc) is 2.91. The van der Waals surface area contributed by atoms with Crippen LogP contribution in [0.3, 0.4) is 0 Å². The highest BCUT2D eigenvalue weighted by Crippen LogP contribution is 2.44. The zero-order valence-corrected chi connectivity index (χ0v) is 13.1. The highest BCUT2D eigenvalue weighted by molar-refractivity contribution is 5.96. The van der Waals surface area contributed by atoms with E-state index in [1.54, 1.807) is 0 Å². The molecule has 1 atom stereocenters. The second kappa shape index (κ2) is 6.76. The van der Waals surface area contributed by atoms with E-state index >= 15 is 0 Å². The van der Waals surface area contributed by atoms with E-state index in [9.17, 15) is 24.6 Å². The van der Waals surface area contributed by atoms with Crippen molar-refractivity contribution < 1.29 is 29.3 Å². The topological polar surface area (TPSA) is 107 Å². The van der Waals surface area contributed by atoms with Gasteiger partial charge in [0.25, 0.3) is 0 Å². The highest BCUT2D eigenvalue weighted by Gasteiger charge is 2.30. The fourth-order valence-corrected chi connectivity index (χ4v) is 3.14. The summed E-state index contributed by atoms with van der Waals surface area (Å²) in [4.78, 5) is 33.5. The Morgan fingerprint density at radius 1 is 0.920 bits per heavy atom. The summed E-state index contributed by atoms with van der Waals surface area (Å²) < 4.78 is 5.11. The number of fused-ring (bicyclic) bond motifs is 3. The minimum Gasteiger partial charge on any atom is -0.550 e. The van der Waals surface area contributed by atoms with Crippen molar-refractivity contribution in [2.24, 2.45) is 5.92 Å². The minimum absolute atomic E-state index is 0.0797. The monoisotopic (exact) mass is 338 g/mol. The maximum atomic E-state index is 12.0. The smallest absolute Gasteiger partial charge is 0.315 e. The second-order valence-corrected chi connectivity index (χ2v) is 5.80. The van der Waals surface area contributed by atoms with E-state index in [1.807, 2.05) is 48.5 Å². The SMILES string of the molecule is O=C([O-])CC(C(=O)[O-])C(=O)OCC1c2ccccc2-c2ccccc21. The van der Waals surface area contributed by atoms with Crippen LogP contribution in [0, 0.1) is 5.92 Å². The minimum atomic E-state index is -1.88. The van der Waals surface area contributed by atoms with Gasteiger partial charge in [0.15, 0.2) is 0 Å². The predicted molar refractivity (Wildman–Crippen MR) is 82.8 cm³/mol. The first kappa shape index (κ1) is 16.7. The third-order valence-electron chi connectivity index (χ3n) is 4.29. The van der Waals surface area contributed by atoms with Gasteiger partial charge in [-0.2, -0.15) is 0 Å². The molecule has 0 radical (unpaired) electrons.